The summed E-state index contributed by atoms with van der Waals surface area (Å²) in [4.78, 5) is 26.2. The summed E-state index contributed by atoms with van der Waals surface area (Å²) in [5, 5.41) is 18.7. The number of carboxylic acid groups (broad SMARTS) is 1. The van der Waals surface area contributed by atoms with Crippen LogP contribution in [0.2, 0.25) is 0 Å². The number of urea groups is 1. The fraction of sp³-hybridized carbons (Fsp3) is 0.429. The van der Waals surface area contributed by atoms with Crippen molar-refractivity contribution in [3.8, 4) is 0 Å². The number of carbonyl (C=O) groups excluding carboxylic acids is 1. The largest absolute Gasteiger partial charge is 0.480 e. The van der Waals surface area contributed by atoms with Gasteiger partial charge in [0.05, 0.1) is 6.10 Å². The molecule has 2 amide bonds. The minimum atomic E-state index is -1.09. The molecule has 1 aromatic rings. The molecular formula is C14H18N2O4. The average Bonchev–Trinajstić information content (AvgIpc) is 2.80. The van der Waals surface area contributed by atoms with E-state index in [2.05, 4.69) is 0 Å². The first-order chi connectivity index (χ1) is 9.41. The number of anilines is 1. The van der Waals surface area contributed by atoms with Crippen molar-refractivity contribution in [3.05, 3.63) is 29.8 Å². The first-order valence-corrected chi connectivity index (χ1v) is 6.42. The molecule has 1 heterocycles. The van der Waals surface area contributed by atoms with Crippen molar-refractivity contribution in [3.63, 3.8) is 0 Å². The molecule has 1 aromatic carbocycles. The predicted octanol–water partition coefficient (Wildman–Crippen LogP) is 1.07. The van der Waals surface area contributed by atoms with Crippen LogP contribution in [0, 0.1) is 6.92 Å². The number of amides is 2. The Kier molecular flexibility index (Phi) is 3.94. The minimum absolute atomic E-state index is 0.0476. The standard InChI is InChI=1S/C14H18N2O4/c1-9-5-3-4-6-11(9)15(2)14(20)16-8-10(17)7-12(16)13(18)19/h3-6,10,12,17H,7-8H2,1-2H3,(H,18,19)/t10-,12-/m1/s1. The van der Waals surface area contributed by atoms with Crippen LogP contribution in [0.1, 0.15) is 12.0 Å². The third-order valence-electron chi connectivity index (χ3n) is 3.57. The molecule has 6 heteroatoms. The molecule has 0 spiro atoms. The summed E-state index contributed by atoms with van der Waals surface area (Å²) in [6.07, 6.45) is -0.715. The summed E-state index contributed by atoms with van der Waals surface area (Å²) in [6, 6.07) is 5.99. The second-order valence-corrected chi connectivity index (χ2v) is 5.02. The second kappa shape index (κ2) is 5.50. The van der Waals surface area contributed by atoms with Crippen LogP contribution >= 0.6 is 0 Å². The summed E-state index contributed by atoms with van der Waals surface area (Å²) in [7, 11) is 1.61. The van der Waals surface area contributed by atoms with Gasteiger partial charge in [-0.05, 0) is 18.6 Å². The number of hydrogen-bond donors (Lipinski definition) is 2. The zero-order chi connectivity index (χ0) is 14.9. The summed E-state index contributed by atoms with van der Waals surface area (Å²) >= 11 is 0. The number of likely N-dealkylation sites (tertiary alicyclic amines) is 1. The van der Waals surface area contributed by atoms with E-state index >= 15 is 0 Å². The molecule has 1 fully saturated rings. The number of carbonyl (C=O) groups is 2. The normalized spacial score (nSPS) is 21.9. The van der Waals surface area contributed by atoms with Gasteiger partial charge < -0.3 is 15.1 Å². The van der Waals surface area contributed by atoms with Gasteiger partial charge in [0, 0.05) is 25.7 Å². The zero-order valence-corrected chi connectivity index (χ0v) is 11.5. The van der Waals surface area contributed by atoms with Gasteiger partial charge in [-0.3, -0.25) is 4.90 Å². The first-order valence-electron chi connectivity index (χ1n) is 6.42. The lowest BCUT2D eigenvalue weighted by atomic mass is 10.2. The van der Waals surface area contributed by atoms with Crippen LogP contribution < -0.4 is 4.90 Å². The number of hydrogen-bond acceptors (Lipinski definition) is 3. The van der Waals surface area contributed by atoms with Crippen molar-refractivity contribution >= 4 is 17.7 Å². The Morgan fingerprint density at radius 1 is 1.35 bits per heavy atom. The van der Waals surface area contributed by atoms with E-state index in [0.29, 0.717) is 0 Å². The van der Waals surface area contributed by atoms with Gasteiger partial charge in [0.2, 0.25) is 0 Å². The van der Waals surface area contributed by atoms with Crippen molar-refractivity contribution in [2.24, 2.45) is 0 Å². The van der Waals surface area contributed by atoms with Crippen LogP contribution in [0.3, 0.4) is 0 Å². The maximum Gasteiger partial charge on any atom is 0.326 e. The van der Waals surface area contributed by atoms with Gasteiger partial charge in [-0.2, -0.15) is 0 Å². The predicted molar refractivity (Wildman–Crippen MR) is 73.7 cm³/mol. The summed E-state index contributed by atoms with van der Waals surface area (Å²) in [5.74, 6) is -1.09. The molecule has 0 saturated carbocycles. The van der Waals surface area contributed by atoms with Crippen molar-refractivity contribution in [1.82, 2.24) is 4.90 Å². The smallest absolute Gasteiger partial charge is 0.326 e. The van der Waals surface area contributed by atoms with E-state index in [4.69, 9.17) is 5.11 Å². The van der Waals surface area contributed by atoms with Gasteiger partial charge in [-0.25, -0.2) is 9.59 Å². The highest BCUT2D eigenvalue weighted by atomic mass is 16.4. The third-order valence-corrected chi connectivity index (χ3v) is 3.57. The Bertz CT molecular complexity index is 532. The van der Waals surface area contributed by atoms with Gasteiger partial charge in [-0.1, -0.05) is 18.2 Å². The van der Waals surface area contributed by atoms with Gasteiger partial charge in [0.25, 0.3) is 0 Å². The molecule has 1 saturated heterocycles. The second-order valence-electron chi connectivity index (χ2n) is 5.02. The summed E-state index contributed by atoms with van der Waals surface area (Å²) in [5.41, 5.74) is 1.65. The highest BCUT2D eigenvalue weighted by molar-refractivity contribution is 5.95. The molecule has 0 radical (unpaired) electrons. The Hall–Kier alpha value is -2.08. The van der Waals surface area contributed by atoms with E-state index in [9.17, 15) is 14.7 Å². The van der Waals surface area contributed by atoms with Crippen molar-refractivity contribution in [2.45, 2.75) is 25.5 Å². The Labute approximate surface area is 117 Å². The van der Waals surface area contributed by atoms with E-state index < -0.39 is 24.1 Å². The zero-order valence-electron chi connectivity index (χ0n) is 11.5. The van der Waals surface area contributed by atoms with Crippen LogP contribution in [0.5, 0.6) is 0 Å². The van der Waals surface area contributed by atoms with E-state index in [-0.39, 0.29) is 13.0 Å². The lowest BCUT2D eigenvalue weighted by Crippen LogP contribution is -2.47. The fourth-order valence-electron chi connectivity index (χ4n) is 2.49. The molecule has 1 aliphatic heterocycles. The van der Waals surface area contributed by atoms with Crippen LogP contribution in [0.25, 0.3) is 0 Å². The molecule has 0 aromatic heterocycles. The van der Waals surface area contributed by atoms with Crippen LogP contribution in [-0.4, -0.2) is 52.9 Å². The van der Waals surface area contributed by atoms with E-state index in [0.717, 1.165) is 11.3 Å². The Morgan fingerprint density at radius 3 is 2.60 bits per heavy atom. The number of carboxylic acids is 1. The van der Waals surface area contributed by atoms with Crippen molar-refractivity contribution in [2.75, 3.05) is 18.5 Å². The van der Waals surface area contributed by atoms with Crippen molar-refractivity contribution in [1.29, 1.82) is 0 Å². The molecule has 1 aliphatic rings. The average molecular weight is 278 g/mol. The molecule has 6 nitrogen and oxygen atoms in total. The quantitative estimate of drug-likeness (QED) is 0.848. The molecular weight excluding hydrogens is 260 g/mol. The molecule has 20 heavy (non-hydrogen) atoms. The lowest BCUT2D eigenvalue weighted by Gasteiger charge is -2.28. The number of nitrogens with zero attached hydrogens (tertiary/aromatic N) is 2. The molecule has 2 N–H and O–H groups in total. The number of benzene rings is 1. The highest BCUT2D eigenvalue weighted by Crippen LogP contribution is 2.24. The molecule has 0 aliphatic carbocycles. The number of aliphatic hydroxyl groups excluding tert-OH is 1. The number of β-amino-alcohol motifs (C(OH)–C–C–N with tert-alkyl or cyclic N) is 1. The minimum Gasteiger partial charge on any atom is -0.480 e. The monoisotopic (exact) mass is 278 g/mol. The van der Waals surface area contributed by atoms with Crippen LogP contribution in [0.15, 0.2) is 24.3 Å². The molecule has 2 rings (SSSR count). The van der Waals surface area contributed by atoms with Gasteiger partial charge in [0.15, 0.2) is 0 Å². The number of aryl methyl sites for hydroxylation is 1. The van der Waals surface area contributed by atoms with E-state index in [1.807, 2.05) is 25.1 Å². The number of aliphatic carboxylic acids is 1. The number of rotatable bonds is 2. The molecule has 108 valence electrons. The summed E-state index contributed by atoms with van der Waals surface area (Å²) in [6.45, 7) is 1.93. The van der Waals surface area contributed by atoms with Gasteiger partial charge >= 0.3 is 12.0 Å². The van der Waals surface area contributed by atoms with E-state index in [1.165, 1.54) is 9.80 Å². The fourth-order valence-corrected chi connectivity index (χ4v) is 2.49. The van der Waals surface area contributed by atoms with Gasteiger partial charge in [-0.15, -0.1) is 0 Å². The van der Waals surface area contributed by atoms with E-state index in [1.54, 1.807) is 13.1 Å². The highest BCUT2D eigenvalue weighted by Gasteiger charge is 2.40. The maximum atomic E-state index is 12.4. The SMILES string of the molecule is Cc1ccccc1N(C)C(=O)N1C[C@H](O)C[C@@H]1C(=O)O. The third kappa shape index (κ3) is 2.60. The maximum absolute atomic E-state index is 12.4. The van der Waals surface area contributed by atoms with Crippen molar-refractivity contribution < 1.29 is 19.8 Å². The lowest BCUT2D eigenvalue weighted by molar-refractivity contribution is -0.141. The van der Waals surface area contributed by atoms with Gasteiger partial charge in [0.1, 0.15) is 6.04 Å². The number of aliphatic hydroxyl groups is 1. The first kappa shape index (κ1) is 14.3. The summed E-state index contributed by atoms with van der Waals surface area (Å²) < 4.78 is 0. The Morgan fingerprint density at radius 2 is 2.00 bits per heavy atom. The molecule has 0 unspecified atom stereocenters. The van der Waals surface area contributed by atoms with Crippen LogP contribution in [0.4, 0.5) is 10.5 Å². The van der Waals surface area contributed by atoms with Crippen LogP contribution in [-0.2, 0) is 4.79 Å². The molecule has 2 atom stereocenters. The molecule has 0 bridgehead atoms. The topological polar surface area (TPSA) is 81.1 Å². The Balaban J connectivity index is 2.22. The number of para-hydroxylation sites is 1.